The van der Waals surface area contributed by atoms with Crippen molar-refractivity contribution in [3.05, 3.63) is 29.8 Å². The van der Waals surface area contributed by atoms with Gasteiger partial charge in [-0.1, -0.05) is 0 Å². The summed E-state index contributed by atoms with van der Waals surface area (Å²) in [6.45, 7) is 0. The predicted octanol–water partition coefficient (Wildman–Crippen LogP) is 2.52. The van der Waals surface area contributed by atoms with Gasteiger partial charge in [0.25, 0.3) is 0 Å². The van der Waals surface area contributed by atoms with Crippen LogP contribution in [0.1, 0.15) is 5.56 Å². The van der Waals surface area contributed by atoms with Gasteiger partial charge in [0.1, 0.15) is 12.1 Å². The average molecular weight is 238 g/mol. The first-order chi connectivity index (χ1) is 7.97. The number of nitrogens with one attached hydrogen (secondary N) is 1. The van der Waals surface area contributed by atoms with Crippen molar-refractivity contribution in [3.63, 3.8) is 0 Å². The number of hydrazone groups is 1. The third-order valence-electron chi connectivity index (χ3n) is 1.72. The van der Waals surface area contributed by atoms with Crippen molar-refractivity contribution >= 4 is 11.4 Å². The minimum Gasteiger partial charge on any atom is -0.277 e. The highest BCUT2D eigenvalue weighted by Crippen LogP contribution is 2.29. The highest BCUT2D eigenvalue weighted by molar-refractivity contribution is 6.10. The Balaban J connectivity index is 2.81. The van der Waals surface area contributed by atoms with Crippen molar-refractivity contribution in [2.45, 2.75) is 6.18 Å². The molecule has 0 bridgehead atoms. The van der Waals surface area contributed by atoms with E-state index in [1.165, 1.54) is 12.1 Å². The number of anilines is 1. The van der Waals surface area contributed by atoms with Crippen LogP contribution in [0.5, 0.6) is 0 Å². The molecule has 0 saturated carbocycles. The summed E-state index contributed by atoms with van der Waals surface area (Å²) in [6, 6.07) is 7.05. The summed E-state index contributed by atoms with van der Waals surface area (Å²) in [7, 11) is 0. The number of hydrogen-bond acceptors (Lipinski definition) is 4. The summed E-state index contributed by atoms with van der Waals surface area (Å²) < 4.78 is 36.6. The van der Waals surface area contributed by atoms with Gasteiger partial charge in [0, 0.05) is 0 Å². The second-order valence-corrected chi connectivity index (χ2v) is 2.87. The third kappa shape index (κ3) is 3.50. The molecule has 0 radical (unpaired) electrons. The van der Waals surface area contributed by atoms with Crippen molar-refractivity contribution in [2.75, 3.05) is 5.43 Å². The van der Waals surface area contributed by atoms with Gasteiger partial charge in [-0.05, 0) is 24.3 Å². The fourth-order valence-electron chi connectivity index (χ4n) is 0.929. The van der Waals surface area contributed by atoms with E-state index < -0.39 is 17.5 Å². The van der Waals surface area contributed by atoms with E-state index in [-0.39, 0.29) is 5.69 Å². The number of alkyl halides is 3. The summed E-state index contributed by atoms with van der Waals surface area (Å²) >= 11 is 0. The maximum atomic E-state index is 12.2. The smallest absolute Gasteiger partial charge is 0.277 e. The molecule has 0 aromatic heterocycles. The van der Waals surface area contributed by atoms with Crippen LogP contribution in [0.15, 0.2) is 29.4 Å². The molecule has 7 heteroatoms. The molecule has 0 aliphatic heterocycles. The lowest BCUT2D eigenvalue weighted by atomic mass is 10.2. The minimum absolute atomic E-state index is 0.251. The fourth-order valence-corrected chi connectivity index (χ4v) is 0.929. The van der Waals surface area contributed by atoms with Crippen LogP contribution in [-0.2, 0) is 6.18 Å². The standard InChI is InChI=1S/C10H5F3N4/c11-10(12,13)7-1-3-8(4-2-7)16-17-9(5-14)6-15/h1-4,16H. The summed E-state index contributed by atoms with van der Waals surface area (Å²) in [4.78, 5) is 0. The SMILES string of the molecule is N#CC(C#N)=NNc1ccc(C(F)(F)F)cc1. The molecule has 0 spiro atoms. The van der Waals surface area contributed by atoms with Gasteiger partial charge in [-0.25, -0.2) is 0 Å². The molecule has 0 heterocycles. The summed E-state index contributed by atoms with van der Waals surface area (Å²) in [5, 5.41) is 20.1. The predicted molar refractivity (Wildman–Crippen MR) is 53.7 cm³/mol. The van der Waals surface area contributed by atoms with Gasteiger partial charge in [-0.3, -0.25) is 5.43 Å². The summed E-state index contributed by atoms with van der Waals surface area (Å²) in [5.41, 5.74) is 1.36. The highest BCUT2D eigenvalue weighted by atomic mass is 19.4. The minimum atomic E-state index is -4.40. The molecule has 1 N–H and O–H groups in total. The molecule has 0 unspecified atom stereocenters. The summed E-state index contributed by atoms with van der Waals surface area (Å²) in [6.07, 6.45) is -4.40. The van der Waals surface area contributed by atoms with Crippen molar-refractivity contribution < 1.29 is 13.2 Å². The monoisotopic (exact) mass is 238 g/mol. The van der Waals surface area contributed by atoms with E-state index in [1.54, 1.807) is 0 Å². The molecule has 17 heavy (non-hydrogen) atoms. The summed E-state index contributed by atoms with van der Waals surface area (Å²) in [5.74, 6) is 0. The van der Waals surface area contributed by atoms with E-state index >= 15 is 0 Å². The van der Waals surface area contributed by atoms with Crippen LogP contribution in [0.3, 0.4) is 0 Å². The zero-order valence-corrected chi connectivity index (χ0v) is 8.28. The Bertz CT molecular complexity index is 486. The van der Waals surface area contributed by atoms with Gasteiger partial charge < -0.3 is 0 Å². The largest absolute Gasteiger partial charge is 0.416 e. The second-order valence-electron chi connectivity index (χ2n) is 2.87. The number of benzene rings is 1. The number of nitriles is 2. The van der Waals surface area contributed by atoms with E-state index in [9.17, 15) is 13.2 Å². The van der Waals surface area contributed by atoms with Gasteiger partial charge >= 0.3 is 6.18 Å². The average Bonchev–Trinajstić information content (AvgIpc) is 2.30. The third-order valence-corrected chi connectivity index (χ3v) is 1.72. The second kappa shape index (κ2) is 4.99. The highest BCUT2D eigenvalue weighted by Gasteiger charge is 2.29. The number of nitrogens with zero attached hydrogens (tertiary/aromatic N) is 3. The van der Waals surface area contributed by atoms with Gasteiger partial charge in [0.05, 0.1) is 11.3 Å². The Morgan fingerprint density at radius 3 is 2.06 bits per heavy atom. The first-order valence-electron chi connectivity index (χ1n) is 4.28. The van der Waals surface area contributed by atoms with Gasteiger partial charge in [0.2, 0.25) is 5.71 Å². The zero-order chi connectivity index (χ0) is 12.9. The normalized spacial score (nSPS) is 9.94. The molecular weight excluding hydrogens is 233 g/mol. The molecule has 0 atom stereocenters. The Morgan fingerprint density at radius 1 is 1.12 bits per heavy atom. The molecule has 0 aliphatic rings. The van der Waals surface area contributed by atoms with Crippen LogP contribution >= 0.6 is 0 Å². The quantitative estimate of drug-likeness (QED) is 0.635. The molecule has 86 valence electrons. The Hall–Kier alpha value is -2.54. The van der Waals surface area contributed by atoms with E-state index in [0.717, 1.165) is 24.3 Å². The van der Waals surface area contributed by atoms with Crippen molar-refractivity contribution in [1.82, 2.24) is 0 Å². The Morgan fingerprint density at radius 2 is 1.65 bits per heavy atom. The molecule has 0 aliphatic carbocycles. The van der Waals surface area contributed by atoms with Crippen LogP contribution in [0.2, 0.25) is 0 Å². The lowest BCUT2D eigenvalue weighted by Crippen LogP contribution is -2.04. The molecular formula is C10H5F3N4. The maximum absolute atomic E-state index is 12.2. The van der Waals surface area contributed by atoms with Crippen LogP contribution in [0.25, 0.3) is 0 Å². The number of halogens is 3. The lowest BCUT2D eigenvalue weighted by Gasteiger charge is -2.06. The van der Waals surface area contributed by atoms with E-state index in [4.69, 9.17) is 10.5 Å². The zero-order valence-electron chi connectivity index (χ0n) is 8.28. The lowest BCUT2D eigenvalue weighted by molar-refractivity contribution is -0.137. The van der Waals surface area contributed by atoms with Crippen molar-refractivity contribution in [2.24, 2.45) is 5.10 Å². The van der Waals surface area contributed by atoms with Crippen LogP contribution in [0, 0.1) is 22.7 Å². The molecule has 0 amide bonds. The first kappa shape index (κ1) is 12.5. The number of hydrogen-bond donors (Lipinski definition) is 1. The molecule has 1 rings (SSSR count). The Labute approximate surface area is 94.6 Å². The number of rotatable bonds is 2. The molecule has 1 aromatic carbocycles. The van der Waals surface area contributed by atoms with E-state index in [2.05, 4.69) is 10.5 Å². The first-order valence-corrected chi connectivity index (χ1v) is 4.28. The topological polar surface area (TPSA) is 72.0 Å². The molecule has 1 aromatic rings. The molecule has 4 nitrogen and oxygen atoms in total. The van der Waals surface area contributed by atoms with E-state index in [1.807, 2.05) is 0 Å². The Kier molecular flexibility index (Phi) is 3.68. The fraction of sp³-hybridized carbons (Fsp3) is 0.100. The maximum Gasteiger partial charge on any atom is 0.416 e. The molecule has 0 fully saturated rings. The van der Waals surface area contributed by atoms with Crippen molar-refractivity contribution in [1.29, 1.82) is 10.5 Å². The van der Waals surface area contributed by atoms with Gasteiger partial charge in [-0.15, -0.1) is 0 Å². The van der Waals surface area contributed by atoms with Crippen LogP contribution in [-0.4, -0.2) is 5.71 Å². The van der Waals surface area contributed by atoms with Gasteiger partial charge in [-0.2, -0.15) is 28.8 Å². The van der Waals surface area contributed by atoms with Gasteiger partial charge in [0.15, 0.2) is 0 Å². The van der Waals surface area contributed by atoms with Crippen LogP contribution < -0.4 is 5.43 Å². The molecule has 0 saturated heterocycles. The van der Waals surface area contributed by atoms with Crippen molar-refractivity contribution in [3.8, 4) is 12.1 Å². The van der Waals surface area contributed by atoms with E-state index in [0.29, 0.717) is 0 Å². The van der Waals surface area contributed by atoms with Crippen LogP contribution in [0.4, 0.5) is 18.9 Å².